The van der Waals surface area contributed by atoms with Crippen molar-refractivity contribution in [3.05, 3.63) is 53.1 Å². The number of carbonyl (C=O) groups is 1. The maximum absolute atomic E-state index is 13.3. The molecule has 4 rings (SSSR count). The molecule has 1 saturated heterocycles. The van der Waals surface area contributed by atoms with E-state index < -0.39 is 0 Å². The average molecular weight is 341 g/mol. The molecular weight excluding hydrogens is 318 g/mol. The fourth-order valence-corrected chi connectivity index (χ4v) is 4.92. The first-order valence-corrected chi connectivity index (χ1v) is 9.91. The predicted molar refractivity (Wildman–Crippen MR) is 97.4 cm³/mol. The van der Waals surface area contributed by atoms with Crippen LogP contribution in [0.5, 0.6) is 0 Å². The summed E-state index contributed by atoms with van der Waals surface area (Å²) in [4.78, 5) is 20.0. The Morgan fingerprint density at radius 2 is 2.04 bits per heavy atom. The summed E-state index contributed by atoms with van der Waals surface area (Å²) in [5.41, 5.74) is 3.07. The third-order valence-electron chi connectivity index (χ3n) is 5.08. The molecular formula is C19H23N3OS. The molecule has 2 aromatic rings. The Labute approximate surface area is 147 Å². The minimum atomic E-state index is 0.114. The number of aryl methyl sites for hydroxylation is 1. The summed E-state index contributed by atoms with van der Waals surface area (Å²) in [5.74, 6) is 3.06. The van der Waals surface area contributed by atoms with Crippen LogP contribution in [0.2, 0.25) is 0 Å². The molecule has 0 spiro atoms. The van der Waals surface area contributed by atoms with Gasteiger partial charge in [0.15, 0.2) is 0 Å². The number of hydrogen-bond acceptors (Lipinski definition) is 3. The maximum atomic E-state index is 13.3. The average Bonchev–Trinajstić information content (AvgIpc) is 2.99. The highest BCUT2D eigenvalue weighted by molar-refractivity contribution is 7.99. The van der Waals surface area contributed by atoms with Crippen LogP contribution < -0.4 is 0 Å². The molecule has 0 radical (unpaired) electrons. The van der Waals surface area contributed by atoms with Crippen LogP contribution in [-0.4, -0.2) is 38.4 Å². The van der Waals surface area contributed by atoms with Crippen molar-refractivity contribution in [2.24, 2.45) is 0 Å². The smallest absolute Gasteiger partial charge is 0.274 e. The molecule has 24 heavy (non-hydrogen) atoms. The second-order valence-corrected chi connectivity index (χ2v) is 7.71. The standard InChI is InChI=1S/C19H23N3OS/c1-14-20-18(16-9-5-6-10-21(14)16)19(23)22-11-12-24-13-17(22)15-7-3-2-4-8-15/h2-4,7-8,17H,5-6,9-13H2,1H3/t17-/m1/s1. The van der Waals surface area contributed by atoms with Gasteiger partial charge >= 0.3 is 0 Å². The van der Waals surface area contributed by atoms with Crippen LogP contribution in [0, 0.1) is 6.92 Å². The molecule has 1 amide bonds. The quantitative estimate of drug-likeness (QED) is 0.840. The number of carbonyl (C=O) groups excluding carboxylic acids is 1. The predicted octanol–water partition coefficient (Wildman–Crippen LogP) is 3.46. The van der Waals surface area contributed by atoms with Crippen LogP contribution in [0.25, 0.3) is 0 Å². The number of nitrogens with zero attached hydrogens (tertiary/aromatic N) is 3. The monoisotopic (exact) mass is 341 g/mol. The van der Waals surface area contributed by atoms with E-state index in [1.54, 1.807) is 0 Å². The van der Waals surface area contributed by atoms with Gasteiger partial charge in [0.25, 0.3) is 5.91 Å². The van der Waals surface area contributed by atoms with Gasteiger partial charge < -0.3 is 9.47 Å². The van der Waals surface area contributed by atoms with E-state index in [1.807, 2.05) is 29.7 Å². The van der Waals surface area contributed by atoms with Crippen LogP contribution >= 0.6 is 11.8 Å². The molecule has 126 valence electrons. The molecule has 0 unspecified atom stereocenters. The van der Waals surface area contributed by atoms with Crippen LogP contribution in [0.15, 0.2) is 30.3 Å². The minimum absolute atomic E-state index is 0.114. The van der Waals surface area contributed by atoms with Gasteiger partial charge in [-0.25, -0.2) is 4.98 Å². The summed E-state index contributed by atoms with van der Waals surface area (Å²) in [6.45, 7) is 3.82. The molecule has 0 aliphatic carbocycles. The van der Waals surface area contributed by atoms with E-state index >= 15 is 0 Å². The fraction of sp³-hybridized carbons (Fsp3) is 0.474. The van der Waals surface area contributed by atoms with E-state index in [-0.39, 0.29) is 11.9 Å². The number of imidazole rings is 1. The zero-order valence-electron chi connectivity index (χ0n) is 14.1. The van der Waals surface area contributed by atoms with Crippen LogP contribution in [0.4, 0.5) is 0 Å². The van der Waals surface area contributed by atoms with Gasteiger partial charge in [0, 0.05) is 24.6 Å². The molecule has 1 aromatic heterocycles. The molecule has 0 bridgehead atoms. The lowest BCUT2D eigenvalue weighted by molar-refractivity contribution is 0.0694. The van der Waals surface area contributed by atoms with Gasteiger partial charge in [0.2, 0.25) is 0 Å². The number of hydrogen-bond donors (Lipinski definition) is 0. The van der Waals surface area contributed by atoms with E-state index in [4.69, 9.17) is 0 Å². The Kier molecular flexibility index (Phi) is 4.35. The van der Waals surface area contributed by atoms with Crippen molar-refractivity contribution in [2.75, 3.05) is 18.1 Å². The third kappa shape index (κ3) is 2.75. The zero-order chi connectivity index (χ0) is 16.5. The molecule has 1 atom stereocenters. The van der Waals surface area contributed by atoms with E-state index in [2.05, 4.69) is 33.8 Å². The second kappa shape index (κ2) is 6.63. The van der Waals surface area contributed by atoms with Crippen molar-refractivity contribution < 1.29 is 4.79 Å². The van der Waals surface area contributed by atoms with Crippen molar-refractivity contribution in [2.45, 2.75) is 38.8 Å². The third-order valence-corrected chi connectivity index (χ3v) is 6.11. The van der Waals surface area contributed by atoms with Crippen LogP contribution in [0.1, 0.15) is 46.5 Å². The molecule has 5 heteroatoms. The Bertz CT molecular complexity index is 741. The van der Waals surface area contributed by atoms with Gasteiger partial charge in [-0.2, -0.15) is 11.8 Å². The van der Waals surface area contributed by atoms with Crippen LogP contribution in [0.3, 0.4) is 0 Å². The van der Waals surface area contributed by atoms with Gasteiger partial charge in [-0.1, -0.05) is 30.3 Å². The lowest BCUT2D eigenvalue weighted by Crippen LogP contribution is -2.41. The first-order valence-electron chi connectivity index (χ1n) is 8.75. The molecule has 3 heterocycles. The van der Waals surface area contributed by atoms with E-state index in [0.717, 1.165) is 49.0 Å². The first-order chi connectivity index (χ1) is 11.8. The normalized spacial score (nSPS) is 20.7. The van der Waals surface area contributed by atoms with E-state index in [9.17, 15) is 4.79 Å². The van der Waals surface area contributed by atoms with Crippen LogP contribution in [-0.2, 0) is 13.0 Å². The number of benzene rings is 1. The highest BCUT2D eigenvalue weighted by Crippen LogP contribution is 2.32. The van der Waals surface area contributed by atoms with Crippen molar-refractivity contribution in [3.63, 3.8) is 0 Å². The molecule has 2 aliphatic heterocycles. The fourth-order valence-electron chi connectivity index (χ4n) is 3.83. The number of amides is 1. The Morgan fingerprint density at radius 1 is 1.21 bits per heavy atom. The largest absolute Gasteiger partial charge is 0.331 e. The summed E-state index contributed by atoms with van der Waals surface area (Å²) >= 11 is 1.93. The van der Waals surface area contributed by atoms with Gasteiger partial charge in [0.05, 0.1) is 11.7 Å². The van der Waals surface area contributed by atoms with Gasteiger partial charge in [-0.3, -0.25) is 4.79 Å². The zero-order valence-corrected chi connectivity index (χ0v) is 14.9. The highest BCUT2D eigenvalue weighted by Gasteiger charge is 2.32. The van der Waals surface area contributed by atoms with Gasteiger partial charge in [-0.15, -0.1) is 0 Å². The Hall–Kier alpha value is -1.75. The first kappa shape index (κ1) is 15.8. The molecule has 2 aliphatic rings. The summed E-state index contributed by atoms with van der Waals surface area (Å²) in [6.07, 6.45) is 3.31. The topological polar surface area (TPSA) is 38.1 Å². The molecule has 4 nitrogen and oxygen atoms in total. The van der Waals surface area contributed by atoms with E-state index in [0.29, 0.717) is 5.69 Å². The maximum Gasteiger partial charge on any atom is 0.274 e. The number of aromatic nitrogens is 2. The summed E-state index contributed by atoms with van der Waals surface area (Å²) < 4.78 is 2.24. The highest BCUT2D eigenvalue weighted by atomic mass is 32.2. The summed E-state index contributed by atoms with van der Waals surface area (Å²) in [5, 5.41) is 0. The summed E-state index contributed by atoms with van der Waals surface area (Å²) in [6, 6.07) is 10.6. The van der Waals surface area contributed by atoms with E-state index in [1.165, 1.54) is 12.0 Å². The number of rotatable bonds is 2. The lowest BCUT2D eigenvalue weighted by atomic mass is 10.0. The summed E-state index contributed by atoms with van der Waals surface area (Å²) in [7, 11) is 0. The number of fused-ring (bicyclic) bond motifs is 1. The Balaban J connectivity index is 1.68. The lowest BCUT2D eigenvalue weighted by Gasteiger charge is -2.35. The number of thioether (sulfide) groups is 1. The van der Waals surface area contributed by atoms with Crippen molar-refractivity contribution >= 4 is 17.7 Å². The molecule has 1 aromatic carbocycles. The molecule has 0 N–H and O–H groups in total. The molecule has 1 fully saturated rings. The van der Waals surface area contributed by atoms with Gasteiger partial charge in [-0.05, 0) is 31.7 Å². The minimum Gasteiger partial charge on any atom is -0.331 e. The SMILES string of the molecule is Cc1nc(C(=O)N2CCSC[C@@H]2c2ccccc2)c2n1CCCC2. The van der Waals surface area contributed by atoms with Gasteiger partial charge in [0.1, 0.15) is 11.5 Å². The second-order valence-electron chi connectivity index (χ2n) is 6.56. The Morgan fingerprint density at radius 3 is 2.88 bits per heavy atom. The molecule has 0 saturated carbocycles. The van der Waals surface area contributed by atoms with Crippen molar-refractivity contribution in [3.8, 4) is 0 Å². The van der Waals surface area contributed by atoms with Crippen molar-refractivity contribution in [1.82, 2.24) is 14.5 Å². The van der Waals surface area contributed by atoms with Crippen molar-refractivity contribution in [1.29, 1.82) is 0 Å².